The maximum atomic E-state index is 5.11. The van der Waals surface area contributed by atoms with E-state index in [0.717, 1.165) is 36.8 Å². The molecule has 0 unspecified atom stereocenters. The van der Waals surface area contributed by atoms with E-state index >= 15 is 0 Å². The lowest BCUT2D eigenvalue weighted by Gasteiger charge is -2.00. The van der Waals surface area contributed by atoms with Crippen LogP contribution >= 0.6 is 15.9 Å². The first kappa shape index (κ1) is 13.1. The summed E-state index contributed by atoms with van der Waals surface area (Å²) in [5, 5.41) is 1.04. The zero-order valence-electron chi connectivity index (χ0n) is 9.63. The van der Waals surface area contributed by atoms with E-state index in [0.29, 0.717) is 0 Å². The fourth-order valence-corrected chi connectivity index (χ4v) is 1.61. The first-order chi connectivity index (χ1) is 7.86. The highest BCUT2D eigenvalue weighted by Crippen LogP contribution is 2.12. The second-order valence-electron chi connectivity index (χ2n) is 3.49. The molecule has 0 aliphatic rings. The Kier molecular flexibility index (Phi) is 6.76. The summed E-state index contributed by atoms with van der Waals surface area (Å²) in [6.45, 7) is 0. The molecular weight excluding hydrogens is 264 g/mol. The molecule has 86 valence electrons. The summed E-state index contributed by atoms with van der Waals surface area (Å²) in [7, 11) is 1.68. The van der Waals surface area contributed by atoms with Crippen molar-refractivity contribution in [1.29, 1.82) is 0 Å². The van der Waals surface area contributed by atoms with Crippen LogP contribution < -0.4 is 4.74 Å². The van der Waals surface area contributed by atoms with Crippen molar-refractivity contribution in [2.75, 3.05) is 12.4 Å². The molecule has 0 saturated carbocycles. The van der Waals surface area contributed by atoms with Crippen LogP contribution in [0.1, 0.15) is 24.8 Å². The molecule has 0 atom stereocenters. The Morgan fingerprint density at radius 3 is 2.44 bits per heavy atom. The minimum absolute atomic E-state index is 0.909. The number of methoxy groups -OCH3 is 1. The van der Waals surface area contributed by atoms with Gasteiger partial charge in [0, 0.05) is 18.2 Å². The quantitative estimate of drug-likeness (QED) is 0.453. The Hall–Kier alpha value is -0.940. The second kappa shape index (κ2) is 8.24. The summed E-state index contributed by atoms with van der Waals surface area (Å²) in [4.78, 5) is 0. The lowest BCUT2D eigenvalue weighted by molar-refractivity contribution is 0.414. The van der Waals surface area contributed by atoms with E-state index in [-0.39, 0.29) is 0 Å². The molecule has 0 spiro atoms. The number of hydrogen-bond donors (Lipinski definition) is 0. The largest absolute Gasteiger partial charge is 0.497 e. The van der Waals surface area contributed by atoms with Crippen molar-refractivity contribution in [2.24, 2.45) is 0 Å². The number of benzene rings is 1. The lowest BCUT2D eigenvalue weighted by Crippen LogP contribution is -1.85. The number of aryl methyl sites for hydroxylation is 1. The molecule has 1 aromatic carbocycles. The molecular formula is C14H17BrO. The van der Waals surface area contributed by atoms with Crippen molar-refractivity contribution >= 4 is 15.9 Å². The molecule has 0 bridgehead atoms. The van der Waals surface area contributed by atoms with Gasteiger partial charge in [0.05, 0.1) is 7.11 Å². The first-order valence-corrected chi connectivity index (χ1v) is 6.63. The van der Waals surface area contributed by atoms with Crippen LogP contribution in [0.5, 0.6) is 5.75 Å². The van der Waals surface area contributed by atoms with E-state index in [4.69, 9.17) is 4.74 Å². The fraction of sp³-hybridized carbons (Fsp3) is 0.429. The first-order valence-electron chi connectivity index (χ1n) is 5.51. The molecule has 0 aliphatic heterocycles. The zero-order chi connectivity index (χ0) is 11.6. The summed E-state index contributed by atoms with van der Waals surface area (Å²) in [5.74, 6) is 7.28. The topological polar surface area (TPSA) is 9.23 Å². The van der Waals surface area contributed by atoms with E-state index in [9.17, 15) is 0 Å². The lowest BCUT2D eigenvalue weighted by atomic mass is 10.1. The summed E-state index contributed by atoms with van der Waals surface area (Å²) in [5.41, 5.74) is 1.32. The number of hydrogen-bond acceptors (Lipinski definition) is 1. The van der Waals surface area contributed by atoms with E-state index in [1.54, 1.807) is 7.11 Å². The Morgan fingerprint density at radius 2 is 1.81 bits per heavy atom. The van der Waals surface area contributed by atoms with Crippen LogP contribution in [0.15, 0.2) is 24.3 Å². The highest BCUT2D eigenvalue weighted by molar-refractivity contribution is 9.09. The van der Waals surface area contributed by atoms with Gasteiger partial charge < -0.3 is 4.74 Å². The second-order valence-corrected chi connectivity index (χ2v) is 4.29. The summed E-state index contributed by atoms with van der Waals surface area (Å²) < 4.78 is 5.11. The van der Waals surface area contributed by atoms with Crippen LogP contribution in [0, 0.1) is 11.8 Å². The highest BCUT2D eigenvalue weighted by Gasteiger charge is 1.92. The van der Waals surface area contributed by atoms with Crippen molar-refractivity contribution in [3.05, 3.63) is 29.8 Å². The standard InChI is InChI=1S/C14H17BrO/c1-16-14-10-8-13(9-11-14)7-5-3-2-4-6-12-15/h8-11H,4-7,12H2,1H3. The van der Waals surface area contributed by atoms with Crippen LogP contribution in [0.3, 0.4) is 0 Å². The molecule has 1 nitrogen and oxygen atoms in total. The van der Waals surface area contributed by atoms with Crippen LogP contribution in [0.2, 0.25) is 0 Å². The van der Waals surface area contributed by atoms with Crippen molar-refractivity contribution < 1.29 is 4.74 Å². The molecule has 0 amide bonds. The molecule has 0 N–H and O–H groups in total. The number of halogens is 1. The van der Waals surface area contributed by atoms with Crippen molar-refractivity contribution in [1.82, 2.24) is 0 Å². The van der Waals surface area contributed by atoms with Crippen molar-refractivity contribution in [3.8, 4) is 17.6 Å². The van der Waals surface area contributed by atoms with Crippen LogP contribution in [0.25, 0.3) is 0 Å². The van der Waals surface area contributed by atoms with Gasteiger partial charge in [-0.15, -0.1) is 11.8 Å². The number of ether oxygens (including phenoxy) is 1. The molecule has 0 aliphatic carbocycles. The van der Waals surface area contributed by atoms with Gasteiger partial charge in [0.25, 0.3) is 0 Å². The molecule has 0 heterocycles. The van der Waals surface area contributed by atoms with Crippen LogP contribution in [0.4, 0.5) is 0 Å². The normalized spacial score (nSPS) is 9.38. The van der Waals surface area contributed by atoms with Gasteiger partial charge >= 0.3 is 0 Å². The number of alkyl halides is 1. The zero-order valence-corrected chi connectivity index (χ0v) is 11.2. The van der Waals surface area contributed by atoms with Gasteiger partial charge in [-0.2, -0.15) is 0 Å². The minimum Gasteiger partial charge on any atom is -0.497 e. The molecule has 1 rings (SSSR count). The fourth-order valence-electron chi connectivity index (χ4n) is 1.33. The minimum atomic E-state index is 0.909. The summed E-state index contributed by atoms with van der Waals surface area (Å²) in [6.07, 6.45) is 4.09. The maximum absolute atomic E-state index is 5.11. The van der Waals surface area contributed by atoms with E-state index in [2.05, 4.69) is 39.9 Å². The molecule has 0 radical (unpaired) electrons. The number of rotatable bonds is 5. The molecule has 2 heteroatoms. The van der Waals surface area contributed by atoms with Gasteiger partial charge in [0.1, 0.15) is 5.75 Å². The highest BCUT2D eigenvalue weighted by atomic mass is 79.9. The third-order valence-corrected chi connectivity index (χ3v) is 2.82. The van der Waals surface area contributed by atoms with Crippen molar-refractivity contribution in [2.45, 2.75) is 25.7 Å². The Morgan fingerprint density at radius 1 is 1.12 bits per heavy atom. The van der Waals surface area contributed by atoms with Gasteiger partial charge in [0.15, 0.2) is 0 Å². The van der Waals surface area contributed by atoms with E-state index in [1.165, 1.54) is 5.56 Å². The smallest absolute Gasteiger partial charge is 0.118 e. The van der Waals surface area contributed by atoms with Gasteiger partial charge in [0.2, 0.25) is 0 Å². The Bertz CT molecular complexity index is 345. The van der Waals surface area contributed by atoms with Crippen LogP contribution in [-0.4, -0.2) is 12.4 Å². The van der Waals surface area contributed by atoms with Crippen molar-refractivity contribution in [3.63, 3.8) is 0 Å². The third kappa shape index (κ3) is 5.23. The third-order valence-electron chi connectivity index (χ3n) is 2.26. The van der Waals surface area contributed by atoms with Gasteiger partial charge in [-0.3, -0.25) is 0 Å². The summed E-state index contributed by atoms with van der Waals surface area (Å²) in [6, 6.07) is 8.18. The van der Waals surface area contributed by atoms with Gasteiger partial charge in [-0.1, -0.05) is 28.1 Å². The average molecular weight is 281 g/mol. The molecule has 0 fully saturated rings. The summed E-state index contributed by atoms with van der Waals surface area (Å²) >= 11 is 3.39. The molecule has 16 heavy (non-hydrogen) atoms. The van der Waals surface area contributed by atoms with E-state index < -0.39 is 0 Å². The predicted molar refractivity (Wildman–Crippen MR) is 72.1 cm³/mol. The predicted octanol–water partition coefficient (Wildman–Crippen LogP) is 3.81. The maximum Gasteiger partial charge on any atom is 0.118 e. The molecule has 1 aromatic rings. The van der Waals surface area contributed by atoms with Gasteiger partial charge in [-0.25, -0.2) is 0 Å². The Labute approximate surface area is 106 Å². The molecule has 0 aromatic heterocycles. The van der Waals surface area contributed by atoms with Gasteiger partial charge in [-0.05, 0) is 30.5 Å². The van der Waals surface area contributed by atoms with E-state index in [1.807, 2.05) is 12.1 Å². The molecule has 0 saturated heterocycles. The Balaban J connectivity index is 2.28. The number of unbranched alkanes of at least 4 members (excludes halogenated alkanes) is 1. The van der Waals surface area contributed by atoms with Crippen LogP contribution in [-0.2, 0) is 6.42 Å². The monoisotopic (exact) mass is 280 g/mol. The SMILES string of the molecule is COc1ccc(CCC#CCCCBr)cc1. The average Bonchev–Trinajstić information content (AvgIpc) is 2.34.